The van der Waals surface area contributed by atoms with Crippen LogP contribution in [-0.2, 0) is 9.59 Å². The summed E-state index contributed by atoms with van der Waals surface area (Å²) in [5.41, 5.74) is 1.03. The Hall–Kier alpha value is -2.04. The highest BCUT2D eigenvalue weighted by atomic mass is 16.2. The summed E-state index contributed by atoms with van der Waals surface area (Å²) in [5.74, 6) is -0.254. The van der Waals surface area contributed by atoms with E-state index in [2.05, 4.69) is 29.4 Å². The molecule has 5 heteroatoms. The molecule has 2 amide bonds. The third kappa shape index (κ3) is 3.25. The fraction of sp³-hybridized carbons (Fsp3) is 0.579. The van der Waals surface area contributed by atoms with E-state index in [0.29, 0.717) is 12.8 Å². The van der Waals surface area contributed by atoms with Gasteiger partial charge in [-0.1, -0.05) is 6.42 Å². The fourth-order valence-corrected chi connectivity index (χ4v) is 3.23. The lowest BCUT2D eigenvalue weighted by Gasteiger charge is -2.38. The first kappa shape index (κ1) is 16.8. The van der Waals surface area contributed by atoms with E-state index in [1.54, 1.807) is 0 Å². The standard InChI is InChI=1S/C19H27N3O2/c1-3-22(4-2)16-10-8-15(9-11-16)21-18(24)19(12-5-13-19)17(23)20-14-6-7-14/h8-11,14H,3-7,12-13H2,1-2H3,(H,20,23)(H,21,24). The molecule has 0 aliphatic heterocycles. The molecule has 0 aromatic heterocycles. The molecule has 2 saturated carbocycles. The maximum atomic E-state index is 12.7. The molecule has 1 aromatic rings. The molecule has 2 fully saturated rings. The summed E-state index contributed by atoms with van der Waals surface area (Å²) >= 11 is 0. The molecule has 130 valence electrons. The van der Waals surface area contributed by atoms with Crippen molar-refractivity contribution in [3.8, 4) is 0 Å². The van der Waals surface area contributed by atoms with Gasteiger partial charge in [0.15, 0.2) is 0 Å². The van der Waals surface area contributed by atoms with Gasteiger partial charge < -0.3 is 15.5 Å². The van der Waals surface area contributed by atoms with Crippen LogP contribution in [0.5, 0.6) is 0 Å². The van der Waals surface area contributed by atoms with Crippen molar-refractivity contribution in [3.63, 3.8) is 0 Å². The number of hydrogen-bond acceptors (Lipinski definition) is 3. The average Bonchev–Trinajstić information content (AvgIpc) is 3.33. The first-order valence-corrected chi connectivity index (χ1v) is 9.06. The highest BCUT2D eigenvalue weighted by Crippen LogP contribution is 2.43. The Labute approximate surface area is 143 Å². The summed E-state index contributed by atoms with van der Waals surface area (Å²) < 4.78 is 0. The molecule has 0 spiro atoms. The molecule has 0 heterocycles. The zero-order valence-electron chi connectivity index (χ0n) is 14.6. The van der Waals surface area contributed by atoms with Gasteiger partial charge in [-0.05, 0) is 63.8 Å². The lowest BCUT2D eigenvalue weighted by Crippen LogP contribution is -2.53. The van der Waals surface area contributed by atoms with Gasteiger partial charge >= 0.3 is 0 Å². The predicted octanol–water partition coefficient (Wildman–Crippen LogP) is 2.92. The molecular weight excluding hydrogens is 302 g/mol. The van der Waals surface area contributed by atoms with E-state index in [1.807, 2.05) is 24.3 Å². The molecule has 3 rings (SSSR count). The van der Waals surface area contributed by atoms with Gasteiger partial charge in [0.2, 0.25) is 11.8 Å². The smallest absolute Gasteiger partial charge is 0.240 e. The zero-order chi connectivity index (χ0) is 17.2. The number of carbonyl (C=O) groups is 2. The Balaban J connectivity index is 1.65. The van der Waals surface area contributed by atoms with Crippen molar-refractivity contribution in [1.29, 1.82) is 0 Å². The topological polar surface area (TPSA) is 61.4 Å². The van der Waals surface area contributed by atoms with E-state index >= 15 is 0 Å². The normalized spacial score (nSPS) is 18.4. The molecule has 0 saturated heterocycles. The van der Waals surface area contributed by atoms with E-state index in [-0.39, 0.29) is 17.9 Å². The van der Waals surface area contributed by atoms with Crippen LogP contribution >= 0.6 is 0 Å². The van der Waals surface area contributed by atoms with E-state index in [4.69, 9.17) is 0 Å². The van der Waals surface area contributed by atoms with E-state index in [0.717, 1.165) is 43.7 Å². The van der Waals surface area contributed by atoms with Crippen LogP contribution in [-0.4, -0.2) is 30.9 Å². The quantitative estimate of drug-likeness (QED) is 0.756. The van der Waals surface area contributed by atoms with Gasteiger partial charge in [-0.25, -0.2) is 0 Å². The van der Waals surface area contributed by atoms with Gasteiger partial charge in [0, 0.05) is 30.5 Å². The van der Waals surface area contributed by atoms with E-state index in [1.165, 1.54) is 0 Å². The zero-order valence-corrected chi connectivity index (χ0v) is 14.6. The molecule has 0 radical (unpaired) electrons. The van der Waals surface area contributed by atoms with Crippen molar-refractivity contribution in [2.45, 2.75) is 52.0 Å². The number of nitrogens with one attached hydrogen (secondary N) is 2. The largest absolute Gasteiger partial charge is 0.372 e. The molecule has 24 heavy (non-hydrogen) atoms. The number of carbonyl (C=O) groups excluding carboxylic acids is 2. The lowest BCUT2D eigenvalue weighted by atomic mass is 9.67. The monoisotopic (exact) mass is 329 g/mol. The summed E-state index contributed by atoms with van der Waals surface area (Å²) in [5, 5.41) is 5.94. The number of nitrogens with zero attached hydrogens (tertiary/aromatic N) is 1. The molecule has 2 N–H and O–H groups in total. The number of amides is 2. The Bertz CT molecular complexity index is 600. The molecule has 2 aliphatic carbocycles. The average molecular weight is 329 g/mol. The minimum absolute atomic E-state index is 0.0893. The number of anilines is 2. The van der Waals surface area contributed by atoms with Crippen molar-refractivity contribution in [3.05, 3.63) is 24.3 Å². The van der Waals surface area contributed by atoms with Crippen molar-refractivity contribution >= 4 is 23.2 Å². The Morgan fingerprint density at radius 3 is 2.17 bits per heavy atom. The second-order valence-corrected chi connectivity index (χ2v) is 6.86. The second kappa shape index (κ2) is 6.83. The lowest BCUT2D eigenvalue weighted by molar-refractivity contribution is -0.146. The number of hydrogen-bond donors (Lipinski definition) is 2. The Morgan fingerprint density at radius 1 is 1.08 bits per heavy atom. The SMILES string of the molecule is CCN(CC)c1ccc(NC(=O)C2(C(=O)NC3CC3)CCC2)cc1. The minimum Gasteiger partial charge on any atom is -0.372 e. The summed E-state index contributed by atoms with van der Waals surface area (Å²) in [6, 6.07) is 8.14. The fourth-order valence-electron chi connectivity index (χ4n) is 3.23. The van der Waals surface area contributed by atoms with Crippen LogP contribution in [0.4, 0.5) is 11.4 Å². The maximum Gasteiger partial charge on any atom is 0.240 e. The van der Waals surface area contributed by atoms with Crippen molar-refractivity contribution in [1.82, 2.24) is 5.32 Å². The van der Waals surface area contributed by atoms with Crippen LogP contribution in [0.15, 0.2) is 24.3 Å². The van der Waals surface area contributed by atoms with Crippen LogP contribution in [0.2, 0.25) is 0 Å². The molecule has 0 unspecified atom stereocenters. The van der Waals surface area contributed by atoms with Gasteiger partial charge in [0.25, 0.3) is 0 Å². The van der Waals surface area contributed by atoms with Gasteiger partial charge in [0.05, 0.1) is 0 Å². The number of benzene rings is 1. The highest BCUT2D eigenvalue weighted by molar-refractivity contribution is 6.11. The summed E-state index contributed by atoms with van der Waals surface area (Å²) in [4.78, 5) is 27.4. The predicted molar refractivity (Wildman–Crippen MR) is 96.1 cm³/mol. The van der Waals surface area contributed by atoms with Crippen molar-refractivity contribution in [2.24, 2.45) is 5.41 Å². The van der Waals surface area contributed by atoms with Gasteiger partial charge in [0.1, 0.15) is 5.41 Å². The van der Waals surface area contributed by atoms with Crippen LogP contribution in [0.3, 0.4) is 0 Å². The molecular formula is C19H27N3O2. The highest BCUT2D eigenvalue weighted by Gasteiger charge is 2.51. The summed E-state index contributed by atoms with van der Waals surface area (Å²) in [6.07, 6.45) is 4.31. The first-order chi connectivity index (χ1) is 11.6. The Kier molecular flexibility index (Phi) is 4.78. The molecule has 5 nitrogen and oxygen atoms in total. The van der Waals surface area contributed by atoms with Crippen LogP contribution in [0, 0.1) is 5.41 Å². The first-order valence-electron chi connectivity index (χ1n) is 9.06. The van der Waals surface area contributed by atoms with Crippen molar-refractivity contribution in [2.75, 3.05) is 23.3 Å². The number of rotatable bonds is 7. The molecule has 0 atom stereocenters. The molecule has 2 aliphatic rings. The van der Waals surface area contributed by atoms with Crippen LogP contribution in [0.25, 0.3) is 0 Å². The van der Waals surface area contributed by atoms with Gasteiger partial charge in [-0.3, -0.25) is 9.59 Å². The van der Waals surface area contributed by atoms with Crippen molar-refractivity contribution < 1.29 is 9.59 Å². The maximum absolute atomic E-state index is 12.7. The third-order valence-electron chi connectivity index (χ3n) is 5.24. The summed E-state index contributed by atoms with van der Waals surface area (Å²) in [7, 11) is 0. The van der Waals surface area contributed by atoms with Gasteiger partial charge in [-0.15, -0.1) is 0 Å². The van der Waals surface area contributed by atoms with Crippen LogP contribution in [0.1, 0.15) is 46.0 Å². The van der Waals surface area contributed by atoms with E-state index < -0.39 is 5.41 Å². The van der Waals surface area contributed by atoms with Crippen LogP contribution < -0.4 is 15.5 Å². The third-order valence-corrected chi connectivity index (χ3v) is 5.24. The molecule has 1 aromatic carbocycles. The van der Waals surface area contributed by atoms with E-state index in [9.17, 15) is 9.59 Å². The Morgan fingerprint density at radius 2 is 1.71 bits per heavy atom. The minimum atomic E-state index is -0.861. The van der Waals surface area contributed by atoms with Gasteiger partial charge in [-0.2, -0.15) is 0 Å². The summed E-state index contributed by atoms with van der Waals surface area (Å²) in [6.45, 7) is 6.15. The second-order valence-electron chi connectivity index (χ2n) is 6.86. The molecule has 0 bridgehead atoms.